The highest BCUT2D eigenvalue weighted by Gasteiger charge is 2.21. The third-order valence-corrected chi connectivity index (χ3v) is 5.17. The number of rotatable bonds is 7. The lowest BCUT2D eigenvalue weighted by atomic mass is 10.1. The number of ether oxygens (including phenoxy) is 1. The van der Waals surface area contributed by atoms with Crippen LogP contribution in [-0.4, -0.2) is 48.2 Å². The standard InChI is InChI=1S/C20H26N6O2/c1-3-19(27)18-9-17-12-24(6-7-26(17)23-18)10-15-4-5-20(28-2)16(8-15)11-25-14-21-13-22-25/h4-5,8-9,13-14,19,27H,3,6-7,10-12H2,1-2H3. The summed E-state index contributed by atoms with van der Waals surface area (Å²) >= 11 is 0. The molecule has 0 amide bonds. The van der Waals surface area contributed by atoms with Gasteiger partial charge in [0.15, 0.2) is 0 Å². The van der Waals surface area contributed by atoms with Crippen molar-refractivity contribution in [1.29, 1.82) is 0 Å². The van der Waals surface area contributed by atoms with Gasteiger partial charge in [0.2, 0.25) is 0 Å². The van der Waals surface area contributed by atoms with E-state index in [9.17, 15) is 5.11 Å². The second-order valence-corrected chi connectivity index (χ2v) is 7.16. The van der Waals surface area contributed by atoms with Crippen molar-refractivity contribution in [3.05, 3.63) is 59.4 Å². The third-order valence-electron chi connectivity index (χ3n) is 5.17. The van der Waals surface area contributed by atoms with Crippen LogP contribution < -0.4 is 4.74 Å². The minimum Gasteiger partial charge on any atom is -0.496 e. The van der Waals surface area contributed by atoms with Gasteiger partial charge in [-0.05, 0) is 30.2 Å². The Morgan fingerprint density at radius 2 is 2.11 bits per heavy atom. The van der Waals surface area contributed by atoms with Crippen molar-refractivity contribution in [3.63, 3.8) is 0 Å². The minimum absolute atomic E-state index is 0.479. The van der Waals surface area contributed by atoms with Crippen LogP contribution in [0.4, 0.5) is 0 Å². The first-order valence-electron chi connectivity index (χ1n) is 9.61. The topological polar surface area (TPSA) is 81.2 Å². The molecule has 2 aromatic heterocycles. The molecule has 0 spiro atoms. The zero-order valence-corrected chi connectivity index (χ0v) is 16.3. The summed E-state index contributed by atoms with van der Waals surface area (Å²) in [4.78, 5) is 6.41. The summed E-state index contributed by atoms with van der Waals surface area (Å²) in [6.45, 7) is 6.05. The minimum atomic E-state index is -0.479. The fraction of sp³-hybridized carbons (Fsp3) is 0.450. The Balaban J connectivity index is 1.48. The molecule has 28 heavy (non-hydrogen) atoms. The van der Waals surface area contributed by atoms with Crippen molar-refractivity contribution in [2.24, 2.45) is 0 Å². The first kappa shape index (κ1) is 18.6. The monoisotopic (exact) mass is 382 g/mol. The quantitative estimate of drug-likeness (QED) is 0.673. The zero-order valence-electron chi connectivity index (χ0n) is 16.3. The summed E-state index contributed by atoms with van der Waals surface area (Å²) in [7, 11) is 1.69. The predicted molar refractivity (Wildman–Crippen MR) is 104 cm³/mol. The van der Waals surface area contributed by atoms with Crippen LogP contribution in [0.2, 0.25) is 0 Å². The van der Waals surface area contributed by atoms with Gasteiger partial charge in [0.05, 0.1) is 37.7 Å². The van der Waals surface area contributed by atoms with E-state index in [0.29, 0.717) is 13.0 Å². The molecule has 8 nitrogen and oxygen atoms in total. The molecule has 0 aliphatic carbocycles. The van der Waals surface area contributed by atoms with Crippen LogP contribution in [0.25, 0.3) is 0 Å². The van der Waals surface area contributed by atoms with Crippen LogP contribution in [-0.2, 0) is 26.2 Å². The number of aromatic nitrogens is 5. The molecule has 3 aromatic rings. The van der Waals surface area contributed by atoms with Crippen LogP contribution >= 0.6 is 0 Å². The number of fused-ring (bicyclic) bond motifs is 1. The van der Waals surface area contributed by atoms with Gasteiger partial charge in [0.1, 0.15) is 18.4 Å². The Labute approximate surface area is 164 Å². The Hall–Kier alpha value is -2.71. The summed E-state index contributed by atoms with van der Waals surface area (Å²) < 4.78 is 9.33. The lowest BCUT2D eigenvalue weighted by Gasteiger charge is -2.27. The van der Waals surface area contributed by atoms with Crippen molar-refractivity contribution in [2.75, 3.05) is 13.7 Å². The van der Waals surface area contributed by atoms with Crippen molar-refractivity contribution < 1.29 is 9.84 Å². The van der Waals surface area contributed by atoms with Gasteiger partial charge in [0, 0.05) is 25.2 Å². The molecule has 4 rings (SSSR count). The second kappa shape index (κ2) is 8.12. The molecule has 0 saturated carbocycles. The van der Waals surface area contributed by atoms with Gasteiger partial charge in [-0.15, -0.1) is 0 Å². The van der Waals surface area contributed by atoms with E-state index in [1.807, 2.05) is 23.7 Å². The number of aliphatic hydroxyl groups excluding tert-OH is 1. The van der Waals surface area contributed by atoms with Crippen molar-refractivity contribution in [3.8, 4) is 5.75 Å². The Morgan fingerprint density at radius 3 is 2.86 bits per heavy atom. The van der Waals surface area contributed by atoms with E-state index in [1.165, 1.54) is 11.9 Å². The van der Waals surface area contributed by atoms with Gasteiger partial charge in [-0.3, -0.25) is 9.58 Å². The maximum absolute atomic E-state index is 10.1. The molecule has 0 fully saturated rings. The van der Waals surface area contributed by atoms with Crippen molar-refractivity contribution in [1.82, 2.24) is 29.4 Å². The van der Waals surface area contributed by atoms with Gasteiger partial charge in [-0.1, -0.05) is 13.0 Å². The van der Waals surface area contributed by atoms with Crippen LogP contribution in [0.3, 0.4) is 0 Å². The maximum Gasteiger partial charge on any atom is 0.137 e. The van der Waals surface area contributed by atoms with E-state index in [2.05, 4.69) is 32.2 Å². The Morgan fingerprint density at radius 1 is 1.21 bits per heavy atom. The average Bonchev–Trinajstić information content (AvgIpc) is 3.37. The van der Waals surface area contributed by atoms with E-state index < -0.39 is 6.10 Å². The first-order chi connectivity index (χ1) is 13.7. The van der Waals surface area contributed by atoms with E-state index in [0.717, 1.165) is 48.9 Å². The summed E-state index contributed by atoms with van der Waals surface area (Å²) in [5.41, 5.74) is 4.25. The zero-order chi connectivity index (χ0) is 19.5. The molecule has 1 aromatic carbocycles. The van der Waals surface area contributed by atoms with Gasteiger partial charge in [-0.2, -0.15) is 10.2 Å². The third kappa shape index (κ3) is 3.93. The second-order valence-electron chi connectivity index (χ2n) is 7.16. The summed E-state index contributed by atoms with van der Waals surface area (Å²) in [6.07, 6.45) is 3.45. The maximum atomic E-state index is 10.1. The molecule has 0 saturated heterocycles. The number of hydrogen-bond acceptors (Lipinski definition) is 6. The Kier molecular flexibility index (Phi) is 5.40. The van der Waals surface area contributed by atoms with E-state index in [-0.39, 0.29) is 0 Å². The molecule has 1 unspecified atom stereocenters. The van der Waals surface area contributed by atoms with Gasteiger partial charge < -0.3 is 9.84 Å². The van der Waals surface area contributed by atoms with Crippen LogP contribution in [0.15, 0.2) is 36.9 Å². The fourth-order valence-corrected chi connectivity index (χ4v) is 3.65. The predicted octanol–water partition coefficient (Wildman–Crippen LogP) is 1.99. The highest BCUT2D eigenvalue weighted by molar-refractivity contribution is 5.37. The number of nitrogens with zero attached hydrogens (tertiary/aromatic N) is 6. The molecule has 148 valence electrons. The molecule has 1 aliphatic rings. The molecule has 3 heterocycles. The first-order valence-corrected chi connectivity index (χ1v) is 9.61. The fourth-order valence-electron chi connectivity index (χ4n) is 3.65. The Bertz CT molecular complexity index is 921. The van der Waals surface area contributed by atoms with E-state index in [1.54, 1.807) is 18.1 Å². The normalized spacial score (nSPS) is 15.4. The highest BCUT2D eigenvalue weighted by Crippen LogP contribution is 2.24. The van der Waals surface area contributed by atoms with Gasteiger partial charge in [0.25, 0.3) is 0 Å². The van der Waals surface area contributed by atoms with Gasteiger partial charge in [-0.25, -0.2) is 9.67 Å². The van der Waals surface area contributed by atoms with Crippen LogP contribution in [0.1, 0.15) is 42.0 Å². The smallest absolute Gasteiger partial charge is 0.137 e. The van der Waals surface area contributed by atoms with Gasteiger partial charge >= 0.3 is 0 Å². The van der Waals surface area contributed by atoms with Crippen LogP contribution in [0.5, 0.6) is 5.75 Å². The van der Waals surface area contributed by atoms with Crippen LogP contribution in [0, 0.1) is 0 Å². The average molecular weight is 382 g/mol. The number of benzene rings is 1. The molecule has 1 aliphatic heterocycles. The summed E-state index contributed by atoms with van der Waals surface area (Å²) in [5, 5.41) is 18.8. The molecule has 0 bridgehead atoms. The molecule has 8 heteroatoms. The highest BCUT2D eigenvalue weighted by atomic mass is 16.5. The molecule has 1 N–H and O–H groups in total. The van der Waals surface area contributed by atoms with Crippen molar-refractivity contribution >= 4 is 0 Å². The number of methoxy groups -OCH3 is 1. The van der Waals surface area contributed by atoms with Crippen molar-refractivity contribution in [2.45, 2.75) is 45.6 Å². The largest absolute Gasteiger partial charge is 0.496 e. The molecular weight excluding hydrogens is 356 g/mol. The molecular formula is C20H26N6O2. The number of hydrogen-bond donors (Lipinski definition) is 1. The van der Waals surface area contributed by atoms with E-state index >= 15 is 0 Å². The lowest BCUT2D eigenvalue weighted by molar-refractivity contribution is 0.166. The molecule has 0 radical (unpaired) electrons. The summed E-state index contributed by atoms with van der Waals surface area (Å²) in [5.74, 6) is 0.856. The molecule has 1 atom stereocenters. The summed E-state index contributed by atoms with van der Waals surface area (Å²) in [6, 6.07) is 8.34. The number of aliphatic hydroxyl groups is 1. The lowest BCUT2D eigenvalue weighted by Crippen LogP contribution is -2.33. The van der Waals surface area contributed by atoms with E-state index in [4.69, 9.17) is 4.74 Å². The SMILES string of the molecule is CCC(O)c1cc2n(n1)CCN(Cc1ccc(OC)c(Cn3cncn3)c1)C2.